The summed E-state index contributed by atoms with van der Waals surface area (Å²) in [5.74, 6) is -2.66. The van der Waals surface area contributed by atoms with Gasteiger partial charge in [0.25, 0.3) is 0 Å². The van der Waals surface area contributed by atoms with Gasteiger partial charge in [-0.2, -0.15) is 0 Å². The molecule has 0 radical (unpaired) electrons. The minimum Gasteiger partial charge on any atom is -0.550 e. The van der Waals surface area contributed by atoms with Crippen LogP contribution >= 0.6 is 24.8 Å². The molecule has 0 aromatic heterocycles. The normalized spacial score (nSPS) is 11.9. The zero-order valence-electron chi connectivity index (χ0n) is 16.6. The molecule has 0 aliphatic heterocycles. The van der Waals surface area contributed by atoms with Crippen molar-refractivity contribution in [3.63, 3.8) is 0 Å². The molecular formula is C15H33Cl2N5O6. The quantitative estimate of drug-likeness (QED) is 0.0963. The molecule has 28 heavy (non-hydrogen) atoms. The first-order valence-electron chi connectivity index (χ1n) is 7.96. The fourth-order valence-corrected chi connectivity index (χ4v) is 1.82. The van der Waals surface area contributed by atoms with Crippen molar-refractivity contribution in [2.75, 3.05) is 34.2 Å². The Hall–Kier alpha value is -1.82. The van der Waals surface area contributed by atoms with Crippen molar-refractivity contribution in [1.29, 1.82) is 0 Å². The predicted octanol–water partition coefficient (Wildman–Crippen LogP) is -1.94. The summed E-state index contributed by atoms with van der Waals surface area (Å²) in [6.45, 7) is 2.13. The number of aliphatic carboxylic acids is 2. The van der Waals surface area contributed by atoms with Crippen LogP contribution in [0.25, 0.3) is 0 Å². The standard InChI is InChI=1S/C9H17NO4.C6H14N4O2.2ClH/c1-7(11)14-8(5-9(12)13)6-10(2,3)4;7-4(5(11)12)2-1-3-10-6(8)9;;/h8H,5-6H2,1-4H3;4H,1-3,7H2,(H,11,12)(H4,8,9,10);2*1H. The van der Waals surface area contributed by atoms with E-state index in [2.05, 4.69) is 4.99 Å². The number of hydrogen-bond donors (Lipinski definition) is 4. The van der Waals surface area contributed by atoms with Gasteiger partial charge in [-0.25, -0.2) is 0 Å². The number of guanidine groups is 1. The van der Waals surface area contributed by atoms with Gasteiger partial charge >= 0.3 is 11.9 Å². The molecule has 13 heteroatoms. The van der Waals surface area contributed by atoms with Gasteiger partial charge in [-0.05, 0) is 12.8 Å². The molecule has 0 aliphatic carbocycles. The molecule has 2 unspecified atom stereocenters. The molecule has 0 spiro atoms. The highest BCUT2D eigenvalue weighted by molar-refractivity contribution is 5.85. The van der Waals surface area contributed by atoms with Crippen molar-refractivity contribution in [3.8, 4) is 0 Å². The van der Waals surface area contributed by atoms with E-state index in [-0.39, 0.29) is 37.2 Å². The molecule has 0 heterocycles. The molecule has 0 rings (SSSR count). The molecule has 0 saturated heterocycles. The molecule has 0 fully saturated rings. The van der Waals surface area contributed by atoms with Crippen LogP contribution in [0.2, 0.25) is 0 Å². The fraction of sp³-hybridized carbons (Fsp3) is 0.733. The summed E-state index contributed by atoms with van der Waals surface area (Å²) in [7, 11) is 5.68. The second-order valence-electron chi connectivity index (χ2n) is 6.67. The maximum absolute atomic E-state index is 10.7. The molecule has 0 aliphatic rings. The maximum atomic E-state index is 10.7. The number of rotatable bonds is 10. The highest BCUT2D eigenvalue weighted by Gasteiger charge is 2.20. The van der Waals surface area contributed by atoms with Crippen LogP contribution < -0.4 is 22.3 Å². The van der Waals surface area contributed by atoms with E-state index >= 15 is 0 Å². The van der Waals surface area contributed by atoms with Crippen LogP contribution in [0.3, 0.4) is 0 Å². The number of nitrogens with two attached hydrogens (primary N) is 3. The van der Waals surface area contributed by atoms with Crippen LogP contribution in [-0.4, -0.2) is 79.8 Å². The molecule has 0 aromatic carbocycles. The second-order valence-corrected chi connectivity index (χ2v) is 6.67. The van der Waals surface area contributed by atoms with Crippen LogP contribution in [0.15, 0.2) is 4.99 Å². The number of carbonyl (C=O) groups excluding carboxylic acids is 2. The lowest BCUT2D eigenvalue weighted by atomic mass is 10.2. The summed E-state index contributed by atoms with van der Waals surface area (Å²) in [5.41, 5.74) is 15.3. The van der Waals surface area contributed by atoms with Crippen LogP contribution in [0.5, 0.6) is 0 Å². The molecule has 2 atom stereocenters. The van der Waals surface area contributed by atoms with Crippen molar-refractivity contribution in [1.82, 2.24) is 0 Å². The summed E-state index contributed by atoms with van der Waals surface area (Å²) in [5, 5.41) is 18.7. The highest BCUT2D eigenvalue weighted by atomic mass is 35.5. The van der Waals surface area contributed by atoms with Gasteiger partial charge in [0.05, 0.1) is 21.1 Å². The number of ether oxygens (including phenoxy) is 1. The van der Waals surface area contributed by atoms with Crippen LogP contribution in [0.4, 0.5) is 0 Å². The average Bonchev–Trinajstić information content (AvgIpc) is 2.40. The Kier molecular flexibility index (Phi) is 20.8. The summed E-state index contributed by atoms with van der Waals surface area (Å²) in [6, 6.07) is -0.820. The van der Waals surface area contributed by atoms with E-state index < -0.39 is 30.1 Å². The summed E-state index contributed by atoms with van der Waals surface area (Å²) in [4.78, 5) is 34.9. The average molecular weight is 450 g/mol. The second kappa shape index (κ2) is 17.3. The molecule has 168 valence electrons. The van der Waals surface area contributed by atoms with E-state index in [1.807, 2.05) is 21.1 Å². The number of carboxylic acid groups (broad SMARTS) is 2. The number of likely N-dealkylation sites (N-methyl/N-ethyl adjacent to an activating group) is 1. The van der Waals surface area contributed by atoms with Crippen molar-refractivity contribution >= 4 is 48.7 Å². The Balaban J connectivity index is -0.000000194. The zero-order chi connectivity index (χ0) is 20.9. The lowest BCUT2D eigenvalue weighted by molar-refractivity contribution is -0.873. The van der Waals surface area contributed by atoms with E-state index in [0.29, 0.717) is 30.4 Å². The van der Waals surface area contributed by atoms with Gasteiger partial charge in [0, 0.05) is 25.9 Å². The minimum atomic E-state index is -1.20. The van der Waals surface area contributed by atoms with E-state index in [9.17, 15) is 19.5 Å². The first-order valence-corrected chi connectivity index (χ1v) is 7.96. The minimum absolute atomic E-state index is 0. The smallest absolute Gasteiger partial charge is 0.320 e. The van der Waals surface area contributed by atoms with Gasteiger partial charge in [-0.15, -0.1) is 24.8 Å². The first-order chi connectivity index (χ1) is 11.7. The number of hydrogen-bond acceptors (Lipinski definition) is 7. The maximum Gasteiger partial charge on any atom is 0.320 e. The van der Waals surface area contributed by atoms with Crippen molar-refractivity contribution in [2.24, 2.45) is 22.2 Å². The van der Waals surface area contributed by atoms with E-state index in [1.54, 1.807) is 0 Å². The van der Waals surface area contributed by atoms with Gasteiger partial charge in [0.1, 0.15) is 12.6 Å². The highest BCUT2D eigenvalue weighted by Crippen LogP contribution is 2.04. The Morgan fingerprint density at radius 3 is 2.00 bits per heavy atom. The predicted molar refractivity (Wildman–Crippen MR) is 108 cm³/mol. The van der Waals surface area contributed by atoms with Gasteiger partial charge in [-0.1, -0.05) is 0 Å². The van der Waals surface area contributed by atoms with Gasteiger partial charge in [-0.3, -0.25) is 14.6 Å². The third-order valence-electron chi connectivity index (χ3n) is 2.76. The van der Waals surface area contributed by atoms with Crippen LogP contribution in [0.1, 0.15) is 26.2 Å². The number of carbonyl (C=O) groups is 3. The monoisotopic (exact) mass is 449 g/mol. The van der Waals surface area contributed by atoms with Crippen LogP contribution in [-0.2, 0) is 19.1 Å². The lowest BCUT2D eigenvalue weighted by Crippen LogP contribution is -2.45. The molecule has 7 N–H and O–H groups in total. The third kappa shape index (κ3) is 26.4. The topological polar surface area (TPSA) is 194 Å². The fourth-order valence-electron chi connectivity index (χ4n) is 1.82. The number of esters is 1. The van der Waals surface area contributed by atoms with Crippen molar-refractivity contribution in [3.05, 3.63) is 0 Å². The lowest BCUT2D eigenvalue weighted by Gasteiger charge is -2.28. The zero-order valence-corrected chi connectivity index (χ0v) is 18.3. The van der Waals surface area contributed by atoms with Crippen LogP contribution in [0, 0.1) is 0 Å². The van der Waals surface area contributed by atoms with E-state index in [0.717, 1.165) is 0 Å². The largest absolute Gasteiger partial charge is 0.550 e. The molecule has 0 saturated carbocycles. The van der Waals surface area contributed by atoms with E-state index in [1.165, 1.54) is 6.92 Å². The van der Waals surface area contributed by atoms with Gasteiger partial charge in [0.2, 0.25) is 0 Å². The molecule has 0 bridgehead atoms. The number of nitrogens with zero attached hydrogens (tertiary/aromatic N) is 2. The number of quaternary nitrogens is 1. The Morgan fingerprint density at radius 1 is 1.18 bits per heavy atom. The Morgan fingerprint density at radius 2 is 1.68 bits per heavy atom. The molecule has 0 aromatic rings. The first kappa shape index (κ1) is 33.7. The SMILES string of the molecule is CC(=O)OC(CC(=O)[O-])C[N+](C)(C)C.Cl.Cl.NC(N)=NCCCC(N)C(=O)O. The summed E-state index contributed by atoms with van der Waals surface area (Å²) in [6.07, 6.45) is 0.0875. The van der Waals surface area contributed by atoms with Gasteiger partial charge < -0.3 is 41.4 Å². The number of carboxylic acids is 2. The number of halogens is 2. The van der Waals surface area contributed by atoms with E-state index in [4.69, 9.17) is 27.0 Å². The number of aliphatic imine (C=N–C) groups is 1. The summed E-state index contributed by atoms with van der Waals surface area (Å²) < 4.78 is 5.39. The molecule has 11 nitrogen and oxygen atoms in total. The molecule has 0 amide bonds. The van der Waals surface area contributed by atoms with Gasteiger partial charge in [0.15, 0.2) is 12.1 Å². The third-order valence-corrected chi connectivity index (χ3v) is 2.76. The summed E-state index contributed by atoms with van der Waals surface area (Å²) >= 11 is 0. The van der Waals surface area contributed by atoms with Crippen molar-refractivity contribution in [2.45, 2.75) is 38.3 Å². The van der Waals surface area contributed by atoms with Crippen molar-refractivity contribution < 1.29 is 33.8 Å². The Bertz CT molecular complexity index is 480. The molecular weight excluding hydrogens is 417 g/mol. The Labute approximate surface area is 177 Å².